The summed E-state index contributed by atoms with van der Waals surface area (Å²) in [6, 6.07) is 6.68. The summed E-state index contributed by atoms with van der Waals surface area (Å²) in [7, 11) is -3.44. The van der Waals surface area contributed by atoms with Gasteiger partial charge in [0.05, 0.1) is 17.6 Å². The van der Waals surface area contributed by atoms with E-state index in [1.165, 1.54) is 4.31 Å². The van der Waals surface area contributed by atoms with Crippen molar-refractivity contribution in [2.24, 2.45) is 0 Å². The predicted molar refractivity (Wildman–Crippen MR) is 71.4 cm³/mol. The van der Waals surface area contributed by atoms with Crippen LogP contribution in [0.5, 0.6) is 0 Å². The maximum Gasteiger partial charge on any atom is 0.243 e. The van der Waals surface area contributed by atoms with Gasteiger partial charge < -0.3 is 9.84 Å². The first-order chi connectivity index (χ1) is 9.04. The van der Waals surface area contributed by atoms with Crippen LogP contribution in [0.2, 0.25) is 0 Å². The molecule has 106 valence electrons. The molecule has 2 rings (SSSR count). The molecule has 6 heteroatoms. The van der Waals surface area contributed by atoms with E-state index in [4.69, 9.17) is 9.84 Å². The zero-order chi connectivity index (χ0) is 13.9. The fraction of sp³-hybridized carbons (Fsp3) is 0.538. The molecule has 1 atom stereocenters. The Bertz CT molecular complexity index is 512. The third-order valence-corrected chi connectivity index (χ3v) is 5.04. The normalized spacial score (nSPS) is 21.5. The van der Waals surface area contributed by atoms with E-state index >= 15 is 0 Å². The number of rotatable bonds is 4. The van der Waals surface area contributed by atoms with Crippen LogP contribution in [0.1, 0.15) is 12.5 Å². The van der Waals surface area contributed by atoms with Crippen LogP contribution >= 0.6 is 0 Å². The number of morpholine rings is 1. The van der Waals surface area contributed by atoms with Gasteiger partial charge in [-0.25, -0.2) is 8.42 Å². The van der Waals surface area contributed by atoms with Crippen molar-refractivity contribution < 1.29 is 18.3 Å². The van der Waals surface area contributed by atoms with Crippen molar-refractivity contribution >= 4 is 10.0 Å². The monoisotopic (exact) mass is 285 g/mol. The third-order valence-electron chi connectivity index (χ3n) is 3.17. The van der Waals surface area contributed by atoms with Gasteiger partial charge in [-0.1, -0.05) is 12.1 Å². The standard InChI is InChI=1S/C13H19NO4S/c1-11-10-14(7-9-18-11)19(16,17)13-4-2-12(3-5-13)6-8-15/h2-5,11,15H,6-10H2,1H3. The van der Waals surface area contributed by atoms with Crippen molar-refractivity contribution in [3.63, 3.8) is 0 Å². The molecular formula is C13H19NO4S. The predicted octanol–water partition coefficient (Wildman–Crippen LogP) is 0.631. The number of nitrogens with zero attached hydrogens (tertiary/aromatic N) is 1. The molecule has 1 aliphatic heterocycles. The van der Waals surface area contributed by atoms with Crippen LogP contribution in [0.3, 0.4) is 0 Å². The molecule has 0 aliphatic carbocycles. The number of aliphatic hydroxyl groups excluding tert-OH is 1. The Morgan fingerprint density at radius 3 is 2.63 bits per heavy atom. The van der Waals surface area contributed by atoms with Crippen LogP contribution < -0.4 is 0 Å². The Labute approximate surface area is 113 Å². The molecule has 5 nitrogen and oxygen atoms in total. The molecule has 0 amide bonds. The lowest BCUT2D eigenvalue weighted by atomic mass is 10.2. The molecule has 1 aromatic carbocycles. The number of ether oxygens (including phenoxy) is 1. The molecule has 19 heavy (non-hydrogen) atoms. The summed E-state index contributed by atoms with van der Waals surface area (Å²) in [5.74, 6) is 0. The largest absolute Gasteiger partial charge is 0.396 e. The third kappa shape index (κ3) is 3.33. The van der Waals surface area contributed by atoms with Crippen LogP contribution in [-0.4, -0.2) is 50.2 Å². The fourth-order valence-corrected chi connectivity index (χ4v) is 3.61. The average Bonchev–Trinajstić information content (AvgIpc) is 2.40. The maximum absolute atomic E-state index is 12.4. The fourth-order valence-electron chi connectivity index (χ4n) is 2.11. The summed E-state index contributed by atoms with van der Waals surface area (Å²) in [5, 5.41) is 8.84. The lowest BCUT2D eigenvalue weighted by Gasteiger charge is -2.30. The summed E-state index contributed by atoms with van der Waals surface area (Å²) >= 11 is 0. The number of hydrogen-bond donors (Lipinski definition) is 1. The second-order valence-corrected chi connectivity index (χ2v) is 6.60. The molecule has 0 spiro atoms. The summed E-state index contributed by atoms with van der Waals surface area (Å²) in [6.07, 6.45) is 0.465. The van der Waals surface area contributed by atoms with Crippen molar-refractivity contribution in [2.75, 3.05) is 26.3 Å². The minimum absolute atomic E-state index is 0.0626. The van der Waals surface area contributed by atoms with E-state index in [9.17, 15) is 8.42 Å². The molecular weight excluding hydrogens is 266 g/mol. The summed E-state index contributed by atoms with van der Waals surface area (Å²) in [5.41, 5.74) is 0.928. The smallest absolute Gasteiger partial charge is 0.243 e. The van der Waals surface area contributed by atoms with Gasteiger partial charge in [0.2, 0.25) is 10.0 Å². The Morgan fingerprint density at radius 2 is 2.05 bits per heavy atom. The van der Waals surface area contributed by atoms with E-state index in [2.05, 4.69) is 0 Å². The zero-order valence-corrected chi connectivity index (χ0v) is 11.8. The van der Waals surface area contributed by atoms with Gasteiger partial charge in [0.25, 0.3) is 0 Å². The molecule has 1 N–H and O–H groups in total. The first kappa shape index (κ1) is 14.5. The van der Waals surface area contributed by atoms with Gasteiger partial charge in [-0.05, 0) is 31.0 Å². The van der Waals surface area contributed by atoms with E-state index in [0.29, 0.717) is 31.0 Å². The van der Waals surface area contributed by atoms with Crippen molar-refractivity contribution in [3.8, 4) is 0 Å². The average molecular weight is 285 g/mol. The van der Waals surface area contributed by atoms with Crippen LogP contribution in [0.15, 0.2) is 29.2 Å². The number of aliphatic hydroxyl groups is 1. The molecule has 1 aliphatic rings. The highest BCUT2D eigenvalue weighted by atomic mass is 32.2. The molecule has 1 saturated heterocycles. The lowest BCUT2D eigenvalue weighted by Crippen LogP contribution is -2.44. The highest BCUT2D eigenvalue weighted by Gasteiger charge is 2.28. The quantitative estimate of drug-likeness (QED) is 0.881. The molecule has 1 fully saturated rings. The number of hydrogen-bond acceptors (Lipinski definition) is 4. The second kappa shape index (κ2) is 6.00. The SMILES string of the molecule is CC1CN(S(=O)(=O)c2ccc(CCO)cc2)CCO1. The minimum Gasteiger partial charge on any atom is -0.396 e. The first-order valence-electron chi connectivity index (χ1n) is 6.35. The van der Waals surface area contributed by atoms with Crippen LogP contribution in [0.25, 0.3) is 0 Å². The van der Waals surface area contributed by atoms with E-state index in [-0.39, 0.29) is 12.7 Å². The van der Waals surface area contributed by atoms with Crippen LogP contribution in [-0.2, 0) is 21.2 Å². The molecule has 1 heterocycles. The van der Waals surface area contributed by atoms with E-state index in [1.54, 1.807) is 24.3 Å². The Kier molecular flexibility index (Phi) is 4.57. The van der Waals surface area contributed by atoms with Crippen molar-refractivity contribution in [3.05, 3.63) is 29.8 Å². The number of sulfonamides is 1. The molecule has 0 radical (unpaired) electrons. The topological polar surface area (TPSA) is 66.8 Å². The van der Waals surface area contributed by atoms with E-state index in [1.807, 2.05) is 6.92 Å². The molecule has 1 unspecified atom stereocenters. The van der Waals surface area contributed by atoms with Gasteiger partial charge in [0.15, 0.2) is 0 Å². The molecule has 0 bridgehead atoms. The highest BCUT2D eigenvalue weighted by molar-refractivity contribution is 7.89. The Hall–Kier alpha value is -0.950. The molecule has 0 saturated carbocycles. The van der Waals surface area contributed by atoms with E-state index in [0.717, 1.165) is 5.56 Å². The zero-order valence-electron chi connectivity index (χ0n) is 10.9. The number of benzene rings is 1. The Morgan fingerprint density at radius 1 is 1.37 bits per heavy atom. The van der Waals surface area contributed by atoms with Crippen molar-refractivity contribution in [2.45, 2.75) is 24.3 Å². The Balaban J connectivity index is 2.18. The van der Waals surface area contributed by atoms with Gasteiger partial charge in [-0.2, -0.15) is 4.31 Å². The second-order valence-electron chi connectivity index (χ2n) is 4.66. The van der Waals surface area contributed by atoms with Crippen LogP contribution in [0, 0.1) is 0 Å². The van der Waals surface area contributed by atoms with Gasteiger partial charge in [-0.15, -0.1) is 0 Å². The van der Waals surface area contributed by atoms with E-state index < -0.39 is 10.0 Å². The van der Waals surface area contributed by atoms with Gasteiger partial charge in [0, 0.05) is 19.7 Å². The summed E-state index contributed by atoms with van der Waals surface area (Å²) in [6.45, 7) is 3.15. The van der Waals surface area contributed by atoms with Gasteiger partial charge in [-0.3, -0.25) is 0 Å². The van der Waals surface area contributed by atoms with Crippen molar-refractivity contribution in [1.29, 1.82) is 0 Å². The summed E-state index contributed by atoms with van der Waals surface area (Å²) in [4.78, 5) is 0.295. The first-order valence-corrected chi connectivity index (χ1v) is 7.79. The lowest BCUT2D eigenvalue weighted by molar-refractivity contribution is 0.0102. The highest BCUT2D eigenvalue weighted by Crippen LogP contribution is 2.19. The summed E-state index contributed by atoms with van der Waals surface area (Å²) < 4.78 is 31.7. The molecule has 1 aromatic rings. The maximum atomic E-state index is 12.4. The van der Waals surface area contributed by atoms with Gasteiger partial charge in [0.1, 0.15) is 0 Å². The van der Waals surface area contributed by atoms with Crippen molar-refractivity contribution in [1.82, 2.24) is 4.31 Å². The molecule has 0 aromatic heterocycles. The minimum atomic E-state index is -3.44. The van der Waals surface area contributed by atoms with Crippen LogP contribution in [0.4, 0.5) is 0 Å². The van der Waals surface area contributed by atoms with Gasteiger partial charge >= 0.3 is 0 Å².